The molecule has 132 valence electrons. The Morgan fingerprint density at radius 2 is 1.83 bits per heavy atom. The molecule has 5 heteroatoms. The number of nitrogens with zero attached hydrogens (tertiary/aromatic N) is 1. The maximum Gasteiger partial charge on any atom is 0.251 e. The van der Waals surface area contributed by atoms with Crippen LogP contribution in [0.15, 0.2) is 35.3 Å². The number of benzene rings is 1. The monoisotopic (exact) mass is 330 g/mol. The molecule has 3 N–H and O–H groups in total. The molecule has 0 aliphatic heterocycles. The quantitative estimate of drug-likeness (QED) is 0.427. The SMILES string of the molecule is CCNC(=NCCNC(=O)c1ccccc1)NC1CCC(C)CC1. The van der Waals surface area contributed by atoms with Crippen molar-refractivity contribution in [1.82, 2.24) is 16.0 Å². The first-order valence-corrected chi connectivity index (χ1v) is 9.07. The van der Waals surface area contributed by atoms with E-state index in [2.05, 4.69) is 34.8 Å². The van der Waals surface area contributed by atoms with E-state index in [1.54, 1.807) is 0 Å². The van der Waals surface area contributed by atoms with Gasteiger partial charge in [0.15, 0.2) is 5.96 Å². The van der Waals surface area contributed by atoms with Gasteiger partial charge in [-0.2, -0.15) is 0 Å². The minimum atomic E-state index is -0.0509. The van der Waals surface area contributed by atoms with Gasteiger partial charge in [-0.3, -0.25) is 9.79 Å². The van der Waals surface area contributed by atoms with E-state index >= 15 is 0 Å². The van der Waals surface area contributed by atoms with Gasteiger partial charge in [0.2, 0.25) is 0 Å². The zero-order valence-electron chi connectivity index (χ0n) is 14.8. The van der Waals surface area contributed by atoms with E-state index in [0.717, 1.165) is 18.4 Å². The summed E-state index contributed by atoms with van der Waals surface area (Å²) in [6, 6.07) is 9.78. The number of guanidine groups is 1. The van der Waals surface area contributed by atoms with Crippen LogP contribution in [-0.4, -0.2) is 37.5 Å². The highest BCUT2D eigenvalue weighted by Gasteiger charge is 2.18. The molecule has 1 amide bonds. The third-order valence-electron chi connectivity index (χ3n) is 4.40. The lowest BCUT2D eigenvalue weighted by Crippen LogP contribution is -2.45. The Hall–Kier alpha value is -2.04. The highest BCUT2D eigenvalue weighted by molar-refractivity contribution is 5.94. The Morgan fingerprint density at radius 1 is 1.12 bits per heavy atom. The molecule has 1 aromatic rings. The number of amides is 1. The fraction of sp³-hybridized carbons (Fsp3) is 0.579. The molecule has 0 radical (unpaired) electrons. The van der Waals surface area contributed by atoms with Gasteiger partial charge in [0.05, 0.1) is 6.54 Å². The predicted octanol–water partition coefficient (Wildman–Crippen LogP) is 2.55. The molecule has 0 aromatic heterocycles. The van der Waals surface area contributed by atoms with Gasteiger partial charge in [-0.25, -0.2) is 0 Å². The minimum absolute atomic E-state index is 0.0509. The molecule has 0 atom stereocenters. The van der Waals surface area contributed by atoms with Gasteiger partial charge in [-0.1, -0.05) is 25.1 Å². The Labute approximate surface area is 145 Å². The molecular weight excluding hydrogens is 300 g/mol. The molecule has 0 spiro atoms. The number of rotatable bonds is 6. The summed E-state index contributed by atoms with van der Waals surface area (Å²) in [6.07, 6.45) is 4.97. The summed E-state index contributed by atoms with van der Waals surface area (Å²) in [4.78, 5) is 16.5. The zero-order valence-corrected chi connectivity index (χ0v) is 14.8. The van der Waals surface area contributed by atoms with Crippen LogP contribution >= 0.6 is 0 Å². The molecule has 1 aliphatic rings. The van der Waals surface area contributed by atoms with Crippen molar-refractivity contribution in [3.05, 3.63) is 35.9 Å². The molecular formula is C19H30N4O. The van der Waals surface area contributed by atoms with Crippen LogP contribution in [0.5, 0.6) is 0 Å². The fourth-order valence-electron chi connectivity index (χ4n) is 2.95. The predicted molar refractivity (Wildman–Crippen MR) is 99.3 cm³/mol. The van der Waals surface area contributed by atoms with Crippen molar-refractivity contribution in [3.8, 4) is 0 Å². The van der Waals surface area contributed by atoms with Crippen LogP contribution in [0, 0.1) is 5.92 Å². The molecule has 2 rings (SSSR count). The van der Waals surface area contributed by atoms with E-state index in [-0.39, 0.29) is 5.91 Å². The van der Waals surface area contributed by atoms with E-state index < -0.39 is 0 Å². The van der Waals surface area contributed by atoms with E-state index in [1.807, 2.05) is 30.3 Å². The summed E-state index contributed by atoms with van der Waals surface area (Å²) in [7, 11) is 0. The molecule has 0 unspecified atom stereocenters. The van der Waals surface area contributed by atoms with Crippen LogP contribution < -0.4 is 16.0 Å². The second kappa shape index (κ2) is 9.96. The van der Waals surface area contributed by atoms with Crippen molar-refractivity contribution in [1.29, 1.82) is 0 Å². The van der Waals surface area contributed by atoms with Gasteiger partial charge in [-0.15, -0.1) is 0 Å². The van der Waals surface area contributed by atoms with Crippen LogP contribution in [0.25, 0.3) is 0 Å². The molecule has 5 nitrogen and oxygen atoms in total. The average molecular weight is 330 g/mol. The van der Waals surface area contributed by atoms with Crippen molar-refractivity contribution in [3.63, 3.8) is 0 Å². The number of carbonyl (C=O) groups is 1. The van der Waals surface area contributed by atoms with Crippen LogP contribution in [0.4, 0.5) is 0 Å². The molecule has 0 saturated heterocycles. The highest BCUT2D eigenvalue weighted by Crippen LogP contribution is 2.23. The van der Waals surface area contributed by atoms with E-state index in [9.17, 15) is 4.79 Å². The van der Waals surface area contributed by atoms with Crippen molar-refractivity contribution in [2.75, 3.05) is 19.6 Å². The summed E-state index contributed by atoms with van der Waals surface area (Å²) in [5.74, 6) is 1.65. The molecule has 1 aromatic carbocycles. The van der Waals surface area contributed by atoms with E-state index in [1.165, 1.54) is 25.7 Å². The smallest absolute Gasteiger partial charge is 0.251 e. The number of hydrogen-bond acceptors (Lipinski definition) is 2. The molecule has 1 aliphatic carbocycles. The summed E-state index contributed by atoms with van der Waals surface area (Å²) in [6.45, 7) is 6.33. The third-order valence-corrected chi connectivity index (χ3v) is 4.40. The molecule has 1 fully saturated rings. The standard InChI is InChI=1S/C19H30N4O/c1-3-20-19(23-17-11-9-15(2)10-12-17)22-14-13-21-18(24)16-7-5-4-6-8-16/h4-8,15,17H,3,9-14H2,1-2H3,(H,21,24)(H2,20,22,23). The lowest BCUT2D eigenvalue weighted by molar-refractivity contribution is 0.0955. The van der Waals surface area contributed by atoms with Crippen LogP contribution in [0.3, 0.4) is 0 Å². The van der Waals surface area contributed by atoms with E-state index in [4.69, 9.17) is 0 Å². The number of carbonyl (C=O) groups excluding carboxylic acids is 1. The molecule has 24 heavy (non-hydrogen) atoms. The Balaban J connectivity index is 1.75. The minimum Gasteiger partial charge on any atom is -0.357 e. The third kappa shape index (κ3) is 6.22. The first kappa shape index (κ1) is 18.3. The maximum atomic E-state index is 12.0. The highest BCUT2D eigenvalue weighted by atomic mass is 16.1. The number of hydrogen-bond donors (Lipinski definition) is 3. The van der Waals surface area contributed by atoms with E-state index in [0.29, 0.717) is 24.7 Å². The van der Waals surface area contributed by atoms with Crippen molar-refractivity contribution in [2.45, 2.75) is 45.6 Å². The summed E-state index contributed by atoms with van der Waals surface area (Å²) in [5.41, 5.74) is 0.683. The molecule has 0 heterocycles. The first-order chi connectivity index (χ1) is 11.7. The van der Waals surface area contributed by atoms with Crippen LogP contribution in [0.1, 0.15) is 49.9 Å². The number of nitrogens with one attached hydrogen (secondary N) is 3. The topological polar surface area (TPSA) is 65.5 Å². The van der Waals surface area contributed by atoms with Gasteiger partial charge < -0.3 is 16.0 Å². The summed E-state index contributed by atoms with van der Waals surface area (Å²) in [5, 5.41) is 9.71. The van der Waals surface area contributed by atoms with Gasteiger partial charge >= 0.3 is 0 Å². The van der Waals surface area contributed by atoms with Crippen molar-refractivity contribution >= 4 is 11.9 Å². The normalized spacial score (nSPS) is 21.2. The fourth-order valence-corrected chi connectivity index (χ4v) is 2.95. The van der Waals surface area contributed by atoms with Crippen LogP contribution in [-0.2, 0) is 0 Å². The first-order valence-electron chi connectivity index (χ1n) is 9.07. The molecule has 1 saturated carbocycles. The lowest BCUT2D eigenvalue weighted by atomic mass is 9.87. The van der Waals surface area contributed by atoms with Crippen molar-refractivity contribution < 1.29 is 4.79 Å². The average Bonchev–Trinajstić information content (AvgIpc) is 2.61. The van der Waals surface area contributed by atoms with Gasteiger partial charge in [-0.05, 0) is 50.7 Å². The Bertz CT molecular complexity index is 521. The van der Waals surface area contributed by atoms with Gasteiger partial charge in [0, 0.05) is 24.7 Å². The van der Waals surface area contributed by atoms with Crippen LogP contribution in [0.2, 0.25) is 0 Å². The number of aliphatic imine (C=N–C) groups is 1. The zero-order chi connectivity index (χ0) is 17.2. The largest absolute Gasteiger partial charge is 0.357 e. The van der Waals surface area contributed by atoms with Gasteiger partial charge in [0.1, 0.15) is 0 Å². The summed E-state index contributed by atoms with van der Waals surface area (Å²) >= 11 is 0. The lowest BCUT2D eigenvalue weighted by Gasteiger charge is -2.28. The maximum absolute atomic E-state index is 12.0. The molecule has 0 bridgehead atoms. The van der Waals surface area contributed by atoms with Gasteiger partial charge in [0.25, 0.3) is 5.91 Å². The Kier molecular flexibility index (Phi) is 7.59. The summed E-state index contributed by atoms with van der Waals surface area (Å²) < 4.78 is 0. The second-order valence-electron chi connectivity index (χ2n) is 6.48. The van der Waals surface area contributed by atoms with Crippen molar-refractivity contribution in [2.24, 2.45) is 10.9 Å². The Morgan fingerprint density at radius 3 is 2.50 bits per heavy atom. The second-order valence-corrected chi connectivity index (χ2v) is 6.48.